The zero-order valence-electron chi connectivity index (χ0n) is 17.5. The van der Waals surface area contributed by atoms with Crippen molar-refractivity contribution in [3.8, 4) is 5.75 Å². The quantitative estimate of drug-likeness (QED) is 0.503. The third-order valence-corrected chi connectivity index (χ3v) is 7.22. The van der Waals surface area contributed by atoms with E-state index in [1.54, 1.807) is 42.6 Å². The maximum atomic E-state index is 12.4. The number of phenolic OH excluding ortho intramolecular Hbond substituents is 1. The van der Waals surface area contributed by atoms with Crippen LogP contribution in [0.4, 0.5) is 23.1 Å². The highest BCUT2D eigenvalue weighted by Crippen LogP contribution is 2.34. The Morgan fingerprint density at radius 2 is 1.91 bits per heavy atom. The molecule has 3 N–H and O–H groups in total. The number of sulfonamides is 1. The molecule has 2 aromatic carbocycles. The van der Waals surface area contributed by atoms with Crippen molar-refractivity contribution in [2.75, 3.05) is 23.3 Å². The number of phenols is 1. The van der Waals surface area contributed by atoms with E-state index in [9.17, 15) is 13.5 Å². The molecule has 1 fully saturated rings. The van der Waals surface area contributed by atoms with Crippen LogP contribution in [-0.4, -0.2) is 36.6 Å². The lowest BCUT2D eigenvalue weighted by atomic mass is 10.0. The number of aromatic hydroxyl groups is 1. The van der Waals surface area contributed by atoms with Gasteiger partial charge in [-0.05, 0) is 85.7 Å². The highest BCUT2D eigenvalue weighted by Gasteiger charge is 2.24. The second kappa shape index (κ2) is 8.40. The van der Waals surface area contributed by atoms with Crippen molar-refractivity contribution in [3.05, 3.63) is 60.3 Å². The largest absolute Gasteiger partial charge is 0.508 e. The second-order valence-electron chi connectivity index (χ2n) is 8.25. The average Bonchev–Trinajstić information content (AvgIpc) is 3.62. The van der Waals surface area contributed by atoms with Gasteiger partial charge in [-0.2, -0.15) is 4.98 Å². The molecular formula is C23H25N5O3S. The van der Waals surface area contributed by atoms with E-state index in [0.717, 1.165) is 49.3 Å². The first kappa shape index (κ1) is 20.7. The number of hydrogen-bond acceptors (Lipinski definition) is 7. The molecule has 166 valence electrons. The van der Waals surface area contributed by atoms with Crippen LogP contribution in [0.3, 0.4) is 0 Å². The van der Waals surface area contributed by atoms with Gasteiger partial charge in [0.2, 0.25) is 16.0 Å². The summed E-state index contributed by atoms with van der Waals surface area (Å²) in [6, 6.07) is 13.8. The molecule has 1 saturated carbocycles. The third kappa shape index (κ3) is 4.53. The van der Waals surface area contributed by atoms with Gasteiger partial charge in [-0.15, -0.1) is 0 Å². The van der Waals surface area contributed by atoms with Crippen LogP contribution in [0.25, 0.3) is 0 Å². The number of benzene rings is 2. The van der Waals surface area contributed by atoms with E-state index in [1.807, 2.05) is 12.1 Å². The molecule has 0 saturated heterocycles. The average molecular weight is 452 g/mol. The Morgan fingerprint density at radius 1 is 1.09 bits per heavy atom. The number of rotatable bonds is 7. The number of aryl methyl sites for hydroxylation is 1. The molecule has 2 heterocycles. The van der Waals surface area contributed by atoms with E-state index >= 15 is 0 Å². The van der Waals surface area contributed by atoms with E-state index in [1.165, 1.54) is 0 Å². The molecule has 0 atom stereocenters. The molecule has 8 nitrogen and oxygen atoms in total. The number of nitrogens with zero attached hydrogens (tertiary/aromatic N) is 3. The molecule has 1 aliphatic heterocycles. The Hall–Kier alpha value is -3.17. The standard InChI is InChI=1S/C23H25N5O3S/c29-19-7-10-21-17(14-19)2-1-13-28(21)22-11-12-24-23(27-22)26-18-5-8-20(9-6-18)32(30,31)25-15-16-3-4-16/h5-12,14,16,25,29H,1-4,13,15H2,(H,24,26,27). The van der Waals surface area contributed by atoms with Crippen molar-refractivity contribution < 1.29 is 13.5 Å². The lowest BCUT2D eigenvalue weighted by Gasteiger charge is -2.30. The lowest BCUT2D eigenvalue weighted by Crippen LogP contribution is -2.25. The van der Waals surface area contributed by atoms with Crippen LogP contribution in [0.15, 0.2) is 59.6 Å². The first-order chi connectivity index (χ1) is 15.5. The summed E-state index contributed by atoms with van der Waals surface area (Å²) in [6.07, 6.45) is 5.76. The van der Waals surface area contributed by atoms with Crippen LogP contribution in [0.5, 0.6) is 5.75 Å². The first-order valence-electron chi connectivity index (χ1n) is 10.8. The number of aromatic nitrogens is 2. The molecule has 0 amide bonds. The predicted molar refractivity (Wildman–Crippen MR) is 123 cm³/mol. The summed E-state index contributed by atoms with van der Waals surface area (Å²) in [5.41, 5.74) is 2.83. The van der Waals surface area contributed by atoms with Crippen LogP contribution in [0.1, 0.15) is 24.8 Å². The minimum atomic E-state index is -3.49. The topological polar surface area (TPSA) is 107 Å². The maximum Gasteiger partial charge on any atom is 0.240 e. The Balaban J connectivity index is 1.31. The van der Waals surface area contributed by atoms with Gasteiger partial charge in [-0.3, -0.25) is 0 Å². The lowest BCUT2D eigenvalue weighted by molar-refractivity contribution is 0.474. The van der Waals surface area contributed by atoms with Crippen LogP contribution in [0.2, 0.25) is 0 Å². The second-order valence-corrected chi connectivity index (χ2v) is 10.0. The van der Waals surface area contributed by atoms with Crippen LogP contribution < -0.4 is 14.9 Å². The van der Waals surface area contributed by atoms with E-state index in [0.29, 0.717) is 24.1 Å². The van der Waals surface area contributed by atoms with Gasteiger partial charge in [0.15, 0.2) is 0 Å². The number of nitrogens with one attached hydrogen (secondary N) is 2. The third-order valence-electron chi connectivity index (χ3n) is 5.78. The fourth-order valence-corrected chi connectivity index (χ4v) is 4.98. The van der Waals surface area contributed by atoms with Gasteiger partial charge in [0, 0.05) is 30.7 Å². The Morgan fingerprint density at radius 3 is 2.69 bits per heavy atom. The Labute approximate surface area is 187 Å². The SMILES string of the molecule is O=S(=O)(NCC1CC1)c1ccc(Nc2nccc(N3CCCc4cc(O)ccc43)n2)cc1. The van der Waals surface area contributed by atoms with Crippen LogP contribution in [0, 0.1) is 5.92 Å². The number of fused-ring (bicyclic) bond motifs is 1. The van der Waals surface area contributed by atoms with Crippen molar-refractivity contribution in [1.82, 2.24) is 14.7 Å². The van der Waals surface area contributed by atoms with Crippen molar-refractivity contribution in [1.29, 1.82) is 0 Å². The zero-order chi connectivity index (χ0) is 22.1. The normalized spacial score (nSPS) is 15.9. The van der Waals surface area contributed by atoms with Gasteiger partial charge in [-0.1, -0.05) is 0 Å². The number of hydrogen-bond donors (Lipinski definition) is 3. The molecule has 0 bridgehead atoms. The first-order valence-corrected chi connectivity index (χ1v) is 12.3. The molecule has 9 heteroatoms. The summed E-state index contributed by atoms with van der Waals surface area (Å²) >= 11 is 0. The number of anilines is 4. The van der Waals surface area contributed by atoms with E-state index < -0.39 is 10.0 Å². The maximum absolute atomic E-state index is 12.4. The molecule has 0 spiro atoms. The molecule has 32 heavy (non-hydrogen) atoms. The monoisotopic (exact) mass is 451 g/mol. The summed E-state index contributed by atoms with van der Waals surface area (Å²) in [5, 5.41) is 12.9. The fourth-order valence-electron chi connectivity index (χ4n) is 3.86. The van der Waals surface area contributed by atoms with Gasteiger partial charge in [0.1, 0.15) is 11.6 Å². The van der Waals surface area contributed by atoms with E-state index in [2.05, 4.69) is 24.9 Å². The molecule has 0 unspecified atom stereocenters. The van der Waals surface area contributed by atoms with E-state index in [4.69, 9.17) is 0 Å². The van der Waals surface area contributed by atoms with Gasteiger partial charge in [0.25, 0.3) is 0 Å². The Bertz CT molecular complexity index is 1230. The molecule has 3 aromatic rings. The van der Waals surface area contributed by atoms with Crippen molar-refractivity contribution in [2.45, 2.75) is 30.6 Å². The molecule has 1 aromatic heterocycles. The summed E-state index contributed by atoms with van der Waals surface area (Å²) in [5.74, 6) is 1.94. The molecule has 5 rings (SSSR count). The van der Waals surface area contributed by atoms with Crippen molar-refractivity contribution >= 4 is 33.2 Å². The highest BCUT2D eigenvalue weighted by atomic mass is 32.2. The summed E-state index contributed by atoms with van der Waals surface area (Å²) in [4.78, 5) is 11.3. The molecule has 1 aliphatic carbocycles. The van der Waals surface area contributed by atoms with Gasteiger partial charge >= 0.3 is 0 Å². The molecule has 0 radical (unpaired) electrons. The molecular weight excluding hydrogens is 426 g/mol. The predicted octanol–water partition coefficient (Wildman–Crippen LogP) is 3.70. The van der Waals surface area contributed by atoms with Crippen LogP contribution >= 0.6 is 0 Å². The minimum Gasteiger partial charge on any atom is -0.508 e. The zero-order valence-corrected chi connectivity index (χ0v) is 18.3. The van der Waals surface area contributed by atoms with Gasteiger partial charge < -0.3 is 15.3 Å². The highest BCUT2D eigenvalue weighted by molar-refractivity contribution is 7.89. The summed E-state index contributed by atoms with van der Waals surface area (Å²) in [7, 11) is -3.49. The van der Waals surface area contributed by atoms with Gasteiger partial charge in [0.05, 0.1) is 4.90 Å². The fraction of sp³-hybridized carbons (Fsp3) is 0.304. The van der Waals surface area contributed by atoms with E-state index in [-0.39, 0.29) is 10.6 Å². The molecule has 2 aliphatic rings. The van der Waals surface area contributed by atoms with Gasteiger partial charge in [-0.25, -0.2) is 18.1 Å². The smallest absolute Gasteiger partial charge is 0.240 e. The summed E-state index contributed by atoms with van der Waals surface area (Å²) < 4.78 is 27.5. The van der Waals surface area contributed by atoms with Crippen molar-refractivity contribution in [2.24, 2.45) is 5.92 Å². The Kier molecular flexibility index (Phi) is 5.44. The van der Waals surface area contributed by atoms with Crippen LogP contribution in [-0.2, 0) is 16.4 Å². The summed E-state index contributed by atoms with van der Waals surface area (Å²) in [6.45, 7) is 1.33. The minimum absolute atomic E-state index is 0.242. The van der Waals surface area contributed by atoms with Crippen molar-refractivity contribution in [3.63, 3.8) is 0 Å².